The maximum Gasteiger partial charge on any atom is 0.267 e. The maximum atomic E-state index is 12.9. The Hall–Kier alpha value is -3.15. The number of aromatic nitrogens is 2. The molecule has 0 saturated carbocycles. The summed E-state index contributed by atoms with van der Waals surface area (Å²) in [6.45, 7) is 2.77. The number of para-hydroxylation sites is 1. The molecule has 0 spiro atoms. The van der Waals surface area contributed by atoms with Crippen LogP contribution in [0.25, 0.3) is 10.9 Å². The van der Waals surface area contributed by atoms with Crippen LogP contribution in [0.5, 0.6) is 5.75 Å². The van der Waals surface area contributed by atoms with Gasteiger partial charge in [0.25, 0.3) is 11.5 Å². The van der Waals surface area contributed by atoms with Crippen molar-refractivity contribution in [1.82, 2.24) is 14.9 Å². The summed E-state index contributed by atoms with van der Waals surface area (Å²) in [4.78, 5) is 29.5. The number of nitrogens with zero attached hydrogens (tertiary/aromatic N) is 2. The Morgan fingerprint density at radius 3 is 2.77 bits per heavy atom. The van der Waals surface area contributed by atoms with Crippen molar-refractivity contribution in [2.45, 2.75) is 32.9 Å². The van der Waals surface area contributed by atoms with Crippen LogP contribution in [0.15, 0.2) is 53.6 Å². The fraction of sp³-hybridized carbons (Fsp3) is 0.250. The van der Waals surface area contributed by atoms with E-state index >= 15 is 0 Å². The number of hydrogen-bond acceptors (Lipinski definition) is 4. The van der Waals surface area contributed by atoms with Crippen molar-refractivity contribution in [3.63, 3.8) is 0 Å². The molecule has 6 nitrogen and oxygen atoms in total. The van der Waals surface area contributed by atoms with Gasteiger partial charge in [0.2, 0.25) is 0 Å². The normalized spacial score (nSPS) is 10.8. The molecule has 1 aromatic carbocycles. The number of aromatic hydroxyl groups is 1. The molecule has 134 valence electrons. The second-order valence-corrected chi connectivity index (χ2v) is 6.10. The van der Waals surface area contributed by atoms with E-state index in [9.17, 15) is 14.7 Å². The average molecular weight is 351 g/mol. The lowest BCUT2D eigenvalue weighted by molar-refractivity contribution is 0.0946. The minimum absolute atomic E-state index is 0.219. The van der Waals surface area contributed by atoms with E-state index in [4.69, 9.17) is 0 Å². The second-order valence-electron chi connectivity index (χ2n) is 6.10. The molecule has 0 saturated heterocycles. The number of rotatable bonds is 6. The SMILES string of the molecule is CCCCn1c(=O)c(C(=O)NCc2cccnc2)c(O)c2ccccc21. The number of nitrogens with one attached hydrogen (secondary N) is 1. The largest absolute Gasteiger partial charge is 0.506 e. The van der Waals surface area contributed by atoms with E-state index in [0.29, 0.717) is 17.4 Å². The van der Waals surface area contributed by atoms with Crippen molar-refractivity contribution in [2.75, 3.05) is 0 Å². The number of fused-ring (bicyclic) bond motifs is 1. The van der Waals surface area contributed by atoms with Crippen molar-refractivity contribution in [2.24, 2.45) is 0 Å². The lowest BCUT2D eigenvalue weighted by Crippen LogP contribution is -2.33. The summed E-state index contributed by atoms with van der Waals surface area (Å²) in [5.41, 5.74) is 0.752. The number of unbranched alkanes of at least 4 members (excludes halogenated alkanes) is 1. The number of amides is 1. The molecule has 1 amide bonds. The van der Waals surface area contributed by atoms with E-state index in [0.717, 1.165) is 18.4 Å². The standard InChI is InChI=1S/C20H21N3O3/c1-2-3-11-23-16-9-5-4-8-15(16)18(24)17(20(23)26)19(25)22-13-14-7-6-10-21-12-14/h4-10,12,24H,2-3,11,13H2,1H3,(H,22,25). The van der Waals surface area contributed by atoms with Crippen LogP contribution in [0.1, 0.15) is 35.7 Å². The molecule has 0 unspecified atom stereocenters. The van der Waals surface area contributed by atoms with Gasteiger partial charge in [-0.15, -0.1) is 0 Å². The minimum atomic E-state index is -0.590. The van der Waals surface area contributed by atoms with E-state index in [1.165, 1.54) is 0 Å². The fourth-order valence-corrected chi connectivity index (χ4v) is 2.91. The number of aryl methyl sites for hydroxylation is 1. The Kier molecular flexibility index (Phi) is 5.31. The Labute approximate surface area is 151 Å². The van der Waals surface area contributed by atoms with Crippen LogP contribution < -0.4 is 10.9 Å². The Morgan fingerprint density at radius 2 is 2.04 bits per heavy atom. The highest BCUT2D eigenvalue weighted by atomic mass is 16.3. The highest BCUT2D eigenvalue weighted by Crippen LogP contribution is 2.26. The third-order valence-corrected chi connectivity index (χ3v) is 4.28. The number of hydrogen-bond donors (Lipinski definition) is 2. The van der Waals surface area contributed by atoms with Crippen molar-refractivity contribution >= 4 is 16.8 Å². The molecule has 0 bridgehead atoms. The second kappa shape index (κ2) is 7.82. The Balaban J connectivity index is 2.01. The topological polar surface area (TPSA) is 84.2 Å². The molecule has 0 atom stereocenters. The van der Waals surface area contributed by atoms with Crippen molar-refractivity contribution in [3.8, 4) is 5.75 Å². The van der Waals surface area contributed by atoms with Gasteiger partial charge in [-0.2, -0.15) is 0 Å². The molecule has 0 aliphatic heterocycles. The lowest BCUT2D eigenvalue weighted by atomic mass is 10.1. The first kappa shape index (κ1) is 17.7. The van der Waals surface area contributed by atoms with E-state index in [-0.39, 0.29) is 17.9 Å². The van der Waals surface area contributed by atoms with Crippen LogP contribution >= 0.6 is 0 Å². The Bertz CT molecular complexity index is 981. The maximum absolute atomic E-state index is 12.9. The molecule has 3 aromatic rings. The molecule has 0 aliphatic rings. The molecule has 26 heavy (non-hydrogen) atoms. The fourth-order valence-electron chi connectivity index (χ4n) is 2.91. The molecule has 0 radical (unpaired) electrons. The number of carbonyl (C=O) groups excluding carboxylic acids is 1. The lowest BCUT2D eigenvalue weighted by Gasteiger charge is -2.14. The predicted octanol–water partition coefficient (Wildman–Crippen LogP) is 2.83. The molecule has 2 heterocycles. The minimum Gasteiger partial charge on any atom is -0.506 e. The summed E-state index contributed by atoms with van der Waals surface area (Å²) in [7, 11) is 0. The number of benzene rings is 1. The molecule has 0 aliphatic carbocycles. The first-order valence-electron chi connectivity index (χ1n) is 8.65. The summed E-state index contributed by atoms with van der Waals surface area (Å²) in [5, 5.41) is 13.7. The van der Waals surface area contributed by atoms with Crippen molar-refractivity contribution in [3.05, 3.63) is 70.3 Å². The van der Waals surface area contributed by atoms with Gasteiger partial charge in [-0.1, -0.05) is 31.5 Å². The van der Waals surface area contributed by atoms with Gasteiger partial charge in [0, 0.05) is 30.9 Å². The molecular weight excluding hydrogens is 330 g/mol. The summed E-state index contributed by atoms with van der Waals surface area (Å²) < 4.78 is 1.57. The monoisotopic (exact) mass is 351 g/mol. The molecule has 2 aromatic heterocycles. The van der Waals surface area contributed by atoms with Crippen LogP contribution in [0.3, 0.4) is 0 Å². The summed E-state index contributed by atoms with van der Waals surface area (Å²) in [6, 6.07) is 10.7. The van der Waals surface area contributed by atoms with E-state index in [1.54, 1.807) is 41.2 Å². The third kappa shape index (κ3) is 3.44. The zero-order valence-electron chi connectivity index (χ0n) is 14.6. The molecule has 3 rings (SSSR count). The van der Waals surface area contributed by atoms with E-state index in [1.807, 2.05) is 19.1 Å². The van der Waals surface area contributed by atoms with Gasteiger partial charge < -0.3 is 15.0 Å². The van der Waals surface area contributed by atoms with Gasteiger partial charge in [0.1, 0.15) is 11.3 Å². The summed E-state index contributed by atoms with van der Waals surface area (Å²) in [5.74, 6) is -0.866. The van der Waals surface area contributed by atoms with E-state index < -0.39 is 11.5 Å². The van der Waals surface area contributed by atoms with Crippen LogP contribution in [0.2, 0.25) is 0 Å². The van der Waals surface area contributed by atoms with Crippen LogP contribution in [-0.2, 0) is 13.1 Å². The molecule has 6 heteroatoms. The van der Waals surface area contributed by atoms with Gasteiger partial charge in [-0.05, 0) is 30.2 Å². The van der Waals surface area contributed by atoms with E-state index in [2.05, 4.69) is 10.3 Å². The van der Waals surface area contributed by atoms with Gasteiger partial charge in [0.15, 0.2) is 0 Å². The van der Waals surface area contributed by atoms with Gasteiger partial charge in [-0.3, -0.25) is 14.6 Å². The van der Waals surface area contributed by atoms with Crippen molar-refractivity contribution in [1.29, 1.82) is 0 Å². The average Bonchev–Trinajstić information content (AvgIpc) is 2.67. The smallest absolute Gasteiger partial charge is 0.267 e. The molecule has 0 fully saturated rings. The third-order valence-electron chi connectivity index (χ3n) is 4.28. The Morgan fingerprint density at radius 1 is 1.23 bits per heavy atom. The van der Waals surface area contributed by atoms with Gasteiger partial charge in [-0.25, -0.2) is 0 Å². The summed E-state index contributed by atoms with van der Waals surface area (Å²) >= 11 is 0. The zero-order chi connectivity index (χ0) is 18.5. The first-order valence-corrected chi connectivity index (χ1v) is 8.65. The predicted molar refractivity (Wildman–Crippen MR) is 100 cm³/mol. The highest BCUT2D eigenvalue weighted by Gasteiger charge is 2.21. The number of carbonyl (C=O) groups is 1. The zero-order valence-corrected chi connectivity index (χ0v) is 14.6. The first-order chi connectivity index (χ1) is 12.6. The van der Waals surface area contributed by atoms with Crippen LogP contribution in [0.4, 0.5) is 0 Å². The van der Waals surface area contributed by atoms with Crippen LogP contribution in [0, 0.1) is 0 Å². The highest BCUT2D eigenvalue weighted by molar-refractivity contribution is 6.02. The van der Waals surface area contributed by atoms with Gasteiger partial charge in [0.05, 0.1) is 5.52 Å². The quantitative estimate of drug-likeness (QED) is 0.715. The molecular formula is C20H21N3O3. The molecule has 2 N–H and O–H groups in total. The number of pyridine rings is 2. The van der Waals surface area contributed by atoms with Crippen LogP contribution in [-0.4, -0.2) is 20.6 Å². The van der Waals surface area contributed by atoms with Crippen molar-refractivity contribution < 1.29 is 9.90 Å². The summed E-state index contributed by atoms with van der Waals surface area (Å²) in [6.07, 6.45) is 5.02. The van der Waals surface area contributed by atoms with Gasteiger partial charge >= 0.3 is 0 Å².